The molecule has 0 atom stereocenters. The van der Waals surface area contributed by atoms with Crippen LogP contribution in [-0.2, 0) is 6.42 Å². The fraction of sp³-hybridized carbons (Fsp3) is 0.571. The van der Waals surface area contributed by atoms with Gasteiger partial charge < -0.3 is 14.4 Å². The van der Waals surface area contributed by atoms with Crippen LogP contribution < -0.4 is 9.47 Å². The van der Waals surface area contributed by atoms with Crippen LogP contribution in [0.2, 0.25) is 0 Å². The molecular weight excluding hydrogens is 214 g/mol. The number of ether oxygens (including phenoxy) is 2. The molecule has 0 fully saturated rings. The lowest BCUT2D eigenvalue weighted by Gasteiger charge is -2.21. The van der Waals surface area contributed by atoms with Gasteiger partial charge in [0.05, 0.1) is 14.2 Å². The molecule has 0 heterocycles. The van der Waals surface area contributed by atoms with Crippen molar-refractivity contribution in [3.8, 4) is 11.5 Å². The molecule has 0 aliphatic carbocycles. The van der Waals surface area contributed by atoms with Crippen LogP contribution in [-0.4, -0.2) is 38.8 Å². The Balaban J connectivity index is 2.70. The highest BCUT2D eigenvalue weighted by Crippen LogP contribution is 2.25. The highest BCUT2D eigenvalue weighted by molar-refractivity contribution is 5.40. The molecule has 0 bridgehead atoms. The molecule has 1 aromatic carbocycles. The Hall–Kier alpha value is -1.22. The van der Waals surface area contributed by atoms with Crippen molar-refractivity contribution in [1.82, 2.24) is 4.90 Å². The van der Waals surface area contributed by atoms with Gasteiger partial charge in [0.2, 0.25) is 0 Å². The normalized spacial score (nSPS) is 11.0. The minimum Gasteiger partial charge on any atom is -0.497 e. The number of likely N-dealkylation sites (N-methyl/N-ethyl adjacent to an activating group) is 1. The lowest BCUT2D eigenvalue weighted by atomic mass is 10.1. The SMILES string of the molecule is COc1ccc(CCN(C)C(C)C)c(OC)c1. The van der Waals surface area contributed by atoms with Crippen molar-refractivity contribution >= 4 is 0 Å². The molecule has 17 heavy (non-hydrogen) atoms. The third kappa shape index (κ3) is 3.93. The molecule has 0 spiro atoms. The van der Waals surface area contributed by atoms with Gasteiger partial charge in [-0.1, -0.05) is 6.07 Å². The summed E-state index contributed by atoms with van der Waals surface area (Å²) < 4.78 is 10.6. The van der Waals surface area contributed by atoms with Crippen molar-refractivity contribution in [2.75, 3.05) is 27.8 Å². The average molecular weight is 237 g/mol. The van der Waals surface area contributed by atoms with Crippen molar-refractivity contribution in [1.29, 1.82) is 0 Å². The Morgan fingerprint density at radius 2 is 1.88 bits per heavy atom. The van der Waals surface area contributed by atoms with Crippen LogP contribution in [0, 0.1) is 0 Å². The first kappa shape index (κ1) is 13.8. The standard InChI is InChI=1S/C14H23NO2/c1-11(2)15(3)9-8-12-6-7-13(16-4)10-14(12)17-5/h6-7,10-11H,8-9H2,1-5H3. The summed E-state index contributed by atoms with van der Waals surface area (Å²) in [5, 5.41) is 0. The Bertz CT molecular complexity index is 350. The van der Waals surface area contributed by atoms with E-state index >= 15 is 0 Å². The van der Waals surface area contributed by atoms with Crippen LogP contribution in [0.25, 0.3) is 0 Å². The lowest BCUT2D eigenvalue weighted by Crippen LogP contribution is -2.28. The number of nitrogens with zero attached hydrogens (tertiary/aromatic N) is 1. The summed E-state index contributed by atoms with van der Waals surface area (Å²) in [4.78, 5) is 2.32. The van der Waals surface area contributed by atoms with Gasteiger partial charge in [0.15, 0.2) is 0 Å². The van der Waals surface area contributed by atoms with Gasteiger partial charge in [-0.25, -0.2) is 0 Å². The van der Waals surface area contributed by atoms with Gasteiger partial charge in [-0.2, -0.15) is 0 Å². The summed E-state index contributed by atoms with van der Waals surface area (Å²) in [5.41, 5.74) is 1.22. The maximum absolute atomic E-state index is 5.38. The smallest absolute Gasteiger partial charge is 0.125 e. The fourth-order valence-electron chi connectivity index (χ4n) is 1.61. The molecule has 0 amide bonds. The molecule has 1 aromatic rings. The highest BCUT2D eigenvalue weighted by Gasteiger charge is 2.08. The van der Waals surface area contributed by atoms with Gasteiger partial charge in [-0.05, 0) is 38.9 Å². The highest BCUT2D eigenvalue weighted by atomic mass is 16.5. The van der Waals surface area contributed by atoms with Crippen LogP contribution in [0.3, 0.4) is 0 Å². The van der Waals surface area contributed by atoms with Crippen LogP contribution in [0.15, 0.2) is 18.2 Å². The van der Waals surface area contributed by atoms with Gasteiger partial charge in [0, 0.05) is 18.7 Å². The monoisotopic (exact) mass is 237 g/mol. The van der Waals surface area contributed by atoms with Crippen LogP contribution >= 0.6 is 0 Å². The molecule has 0 saturated carbocycles. The van der Waals surface area contributed by atoms with Gasteiger partial charge in [-0.15, -0.1) is 0 Å². The number of hydrogen-bond donors (Lipinski definition) is 0. The molecule has 0 N–H and O–H groups in total. The van der Waals surface area contributed by atoms with E-state index in [9.17, 15) is 0 Å². The number of benzene rings is 1. The summed E-state index contributed by atoms with van der Waals surface area (Å²) in [6.07, 6.45) is 0.988. The van der Waals surface area contributed by atoms with Crippen LogP contribution in [0.5, 0.6) is 11.5 Å². The summed E-state index contributed by atoms with van der Waals surface area (Å²) in [5.74, 6) is 1.74. The van der Waals surface area contributed by atoms with E-state index in [1.54, 1.807) is 14.2 Å². The zero-order valence-corrected chi connectivity index (χ0v) is 11.5. The Labute approximate surface area is 104 Å². The minimum absolute atomic E-state index is 0.569. The molecule has 0 radical (unpaired) electrons. The molecular formula is C14H23NO2. The van der Waals surface area contributed by atoms with Crippen LogP contribution in [0.4, 0.5) is 0 Å². The Morgan fingerprint density at radius 1 is 1.18 bits per heavy atom. The zero-order valence-electron chi connectivity index (χ0n) is 11.5. The van der Waals surface area contributed by atoms with Crippen molar-refractivity contribution in [3.05, 3.63) is 23.8 Å². The van der Waals surface area contributed by atoms with Gasteiger partial charge >= 0.3 is 0 Å². The predicted molar refractivity (Wildman–Crippen MR) is 71.0 cm³/mol. The maximum Gasteiger partial charge on any atom is 0.125 e. The maximum atomic E-state index is 5.38. The predicted octanol–water partition coefficient (Wildman–Crippen LogP) is 2.59. The average Bonchev–Trinajstić information content (AvgIpc) is 2.35. The van der Waals surface area contributed by atoms with E-state index in [-0.39, 0.29) is 0 Å². The molecule has 3 heteroatoms. The number of hydrogen-bond acceptors (Lipinski definition) is 3. The van der Waals surface area contributed by atoms with E-state index in [4.69, 9.17) is 9.47 Å². The van der Waals surface area contributed by atoms with Crippen molar-refractivity contribution in [3.63, 3.8) is 0 Å². The molecule has 0 saturated heterocycles. The quantitative estimate of drug-likeness (QED) is 0.759. The van der Waals surface area contributed by atoms with E-state index in [2.05, 4.69) is 31.9 Å². The van der Waals surface area contributed by atoms with E-state index in [1.807, 2.05) is 12.1 Å². The molecule has 0 aromatic heterocycles. The second-order valence-electron chi connectivity index (χ2n) is 4.50. The summed E-state index contributed by atoms with van der Waals surface area (Å²) in [6.45, 7) is 5.43. The topological polar surface area (TPSA) is 21.7 Å². The van der Waals surface area contributed by atoms with Crippen molar-refractivity contribution in [2.24, 2.45) is 0 Å². The zero-order chi connectivity index (χ0) is 12.8. The molecule has 3 nitrogen and oxygen atoms in total. The lowest BCUT2D eigenvalue weighted by molar-refractivity contribution is 0.276. The van der Waals surface area contributed by atoms with E-state index in [0.29, 0.717) is 6.04 Å². The van der Waals surface area contributed by atoms with Gasteiger partial charge in [-0.3, -0.25) is 0 Å². The second kappa shape index (κ2) is 6.50. The third-order valence-corrected chi connectivity index (χ3v) is 3.11. The first-order valence-corrected chi connectivity index (χ1v) is 5.99. The Morgan fingerprint density at radius 3 is 2.41 bits per heavy atom. The molecule has 1 rings (SSSR count). The number of methoxy groups -OCH3 is 2. The van der Waals surface area contributed by atoms with Gasteiger partial charge in [0.1, 0.15) is 11.5 Å². The van der Waals surface area contributed by atoms with Crippen molar-refractivity contribution < 1.29 is 9.47 Å². The number of rotatable bonds is 6. The molecule has 0 unspecified atom stereocenters. The van der Waals surface area contributed by atoms with E-state index in [1.165, 1.54) is 5.56 Å². The van der Waals surface area contributed by atoms with Crippen LogP contribution in [0.1, 0.15) is 19.4 Å². The van der Waals surface area contributed by atoms with Crippen molar-refractivity contribution in [2.45, 2.75) is 26.3 Å². The summed E-state index contributed by atoms with van der Waals surface area (Å²) >= 11 is 0. The third-order valence-electron chi connectivity index (χ3n) is 3.11. The molecule has 96 valence electrons. The fourth-order valence-corrected chi connectivity index (χ4v) is 1.61. The van der Waals surface area contributed by atoms with E-state index < -0.39 is 0 Å². The molecule has 0 aliphatic rings. The second-order valence-corrected chi connectivity index (χ2v) is 4.50. The first-order valence-electron chi connectivity index (χ1n) is 5.99. The van der Waals surface area contributed by atoms with E-state index in [0.717, 1.165) is 24.5 Å². The minimum atomic E-state index is 0.569. The molecule has 0 aliphatic heterocycles. The first-order chi connectivity index (χ1) is 8.08. The largest absolute Gasteiger partial charge is 0.497 e. The van der Waals surface area contributed by atoms with Gasteiger partial charge in [0.25, 0.3) is 0 Å². The summed E-state index contributed by atoms with van der Waals surface area (Å²) in [6, 6.07) is 6.56. The Kier molecular flexibility index (Phi) is 5.29. The summed E-state index contributed by atoms with van der Waals surface area (Å²) in [7, 11) is 5.51.